The summed E-state index contributed by atoms with van der Waals surface area (Å²) in [6.45, 7) is 0.739. The van der Waals surface area contributed by atoms with Crippen LogP contribution in [-0.2, 0) is 27.4 Å². The van der Waals surface area contributed by atoms with E-state index in [1.165, 1.54) is 0 Å². The van der Waals surface area contributed by atoms with E-state index in [2.05, 4.69) is 10.4 Å². The number of methoxy groups -OCH3 is 1. The molecule has 4 aliphatic rings. The normalized spacial score (nSPS) is 20.4. The second-order valence-corrected chi connectivity index (χ2v) is 12.2. The van der Waals surface area contributed by atoms with Crippen molar-refractivity contribution in [1.82, 2.24) is 24.9 Å². The van der Waals surface area contributed by atoms with Crippen LogP contribution in [0.25, 0.3) is 5.69 Å². The Hall–Kier alpha value is -5.16. The van der Waals surface area contributed by atoms with Gasteiger partial charge in [-0.3, -0.25) is 14.4 Å². The van der Waals surface area contributed by atoms with Crippen molar-refractivity contribution < 1.29 is 28.6 Å². The molecule has 2 atom stereocenters. The lowest BCUT2D eigenvalue weighted by molar-refractivity contribution is -0.137. The van der Waals surface area contributed by atoms with E-state index in [1.54, 1.807) is 46.1 Å². The quantitative estimate of drug-likeness (QED) is 0.359. The summed E-state index contributed by atoms with van der Waals surface area (Å²) in [4.78, 5) is 44.3. The summed E-state index contributed by atoms with van der Waals surface area (Å²) >= 11 is 0. The molecule has 0 unspecified atom stereocenters. The number of nitrogens with zero attached hydrogens (tertiary/aromatic N) is 4. The molecule has 4 heterocycles. The number of fused-ring (bicyclic) bond motifs is 9. The van der Waals surface area contributed by atoms with Gasteiger partial charge in [0.25, 0.3) is 5.91 Å². The van der Waals surface area contributed by atoms with E-state index in [4.69, 9.17) is 14.2 Å². The molecule has 0 radical (unpaired) electrons. The number of hydrogen-bond acceptors (Lipinski definition) is 7. The minimum Gasteiger partial charge on any atom is -0.493 e. The first-order valence-electron chi connectivity index (χ1n) is 16.0. The van der Waals surface area contributed by atoms with Crippen LogP contribution in [0, 0.1) is 0 Å². The van der Waals surface area contributed by atoms with Gasteiger partial charge in [0.15, 0.2) is 11.5 Å². The van der Waals surface area contributed by atoms with Crippen LogP contribution in [0.2, 0.25) is 0 Å². The topological polar surface area (TPSA) is 115 Å². The van der Waals surface area contributed by atoms with Crippen LogP contribution in [0.3, 0.4) is 0 Å². The largest absolute Gasteiger partial charge is 0.493 e. The zero-order chi connectivity index (χ0) is 32.3. The van der Waals surface area contributed by atoms with Gasteiger partial charge in [-0.2, -0.15) is 5.10 Å². The molecule has 3 amide bonds. The zero-order valence-corrected chi connectivity index (χ0v) is 26.2. The monoisotopic (exact) mass is 635 g/mol. The third kappa shape index (κ3) is 6.85. The number of amides is 3. The third-order valence-electron chi connectivity index (χ3n) is 8.85. The molecule has 4 aromatic rings. The number of benzene rings is 3. The van der Waals surface area contributed by atoms with Crippen molar-refractivity contribution in [3.05, 3.63) is 102 Å². The van der Waals surface area contributed by atoms with Crippen molar-refractivity contribution in [2.24, 2.45) is 0 Å². The number of ether oxygens (including phenoxy) is 3. The summed E-state index contributed by atoms with van der Waals surface area (Å²) in [7, 11) is 1.59. The van der Waals surface area contributed by atoms with Gasteiger partial charge in [0.2, 0.25) is 11.8 Å². The summed E-state index contributed by atoms with van der Waals surface area (Å²) in [5, 5.41) is 7.43. The fraction of sp³-hybridized carbons (Fsp3) is 0.333. The molecular weight excluding hydrogens is 598 g/mol. The van der Waals surface area contributed by atoms with Gasteiger partial charge in [-0.25, -0.2) is 4.68 Å². The molecule has 1 N–H and O–H groups in total. The molecule has 242 valence electrons. The van der Waals surface area contributed by atoms with Gasteiger partial charge in [0.1, 0.15) is 5.75 Å². The molecule has 2 fully saturated rings. The number of rotatable bonds is 4. The van der Waals surface area contributed by atoms with Crippen molar-refractivity contribution in [3.63, 3.8) is 0 Å². The lowest BCUT2D eigenvalue weighted by Gasteiger charge is -2.25. The Bertz CT molecular complexity index is 1770. The molecule has 11 heteroatoms. The molecule has 1 saturated carbocycles. The van der Waals surface area contributed by atoms with Crippen LogP contribution in [0.15, 0.2) is 85.2 Å². The maximum absolute atomic E-state index is 13.9. The molecule has 1 aromatic heterocycles. The molecule has 3 aliphatic heterocycles. The van der Waals surface area contributed by atoms with Crippen molar-refractivity contribution in [2.75, 3.05) is 26.7 Å². The Morgan fingerprint density at radius 3 is 2.64 bits per heavy atom. The second kappa shape index (κ2) is 13.3. The average Bonchev–Trinajstić information content (AvgIpc) is 3.62. The Labute approximate surface area is 273 Å². The lowest BCUT2D eigenvalue weighted by atomic mass is 10.1. The van der Waals surface area contributed by atoms with Gasteiger partial charge in [-0.15, -0.1) is 0 Å². The van der Waals surface area contributed by atoms with E-state index in [0.29, 0.717) is 34.9 Å². The highest BCUT2D eigenvalue weighted by molar-refractivity contribution is 5.98. The smallest absolute Gasteiger partial charge is 0.256 e. The third-order valence-corrected chi connectivity index (χ3v) is 8.85. The highest BCUT2D eigenvalue weighted by Gasteiger charge is 2.39. The number of hydrogen-bond donors (Lipinski definition) is 1. The predicted octanol–water partition coefficient (Wildman–Crippen LogP) is 4.14. The van der Waals surface area contributed by atoms with E-state index < -0.39 is 12.1 Å². The van der Waals surface area contributed by atoms with E-state index in [1.807, 2.05) is 60.7 Å². The molecule has 0 spiro atoms. The molecule has 4 bridgehead atoms. The summed E-state index contributed by atoms with van der Waals surface area (Å²) in [6.07, 6.45) is 5.51. The van der Waals surface area contributed by atoms with E-state index in [9.17, 15) is 14.4 Å². The van der Waals surface area contributed by atoms with Crippen molar-refractivity contribution >= 4 is 17.7 Å². The fourth-order valence-electron chi connectivity index (χ4n) is 6.27. The van der Waals surface area contributed by atoms with E-state index in [-0.39, 0.29) is 56.4 Å². The molecule has 8 rings (SSSR count). The van der Waals surface area contributed by atoms with Crippen molar-refractivity contribution in [2.45, 2.75) is 50.5 Å². The molecule has 11 nitrogen and oxygen atoms in total. The Morgan fingerprint density at radius 1 is 0.957 bits per heavy atom. The molecule has 3 aromatic carbocycles. The zero-order valence-electron chi connectivity index (χ0n) is 26.2. The first-order valence-corrected chi connectivity index (χ1v) is 16.0. The summed E-state index contributed by atoms with van der Waals surface area (Å²) < 4.78 is 19.9. The second-order valence-electron chi connectivity index (χ2n) is 12.2. The van der Waals surface area contributed by atoms with Gasteiger partial charge in [0, 0.05) is 37.9 Å². The van der Waals surface area contributed by atoms with Crippen molar-refractivity contribution in [1.29, 1.82) is 0 Å². The highest BCUT2D eigenvalue weighted by atomic mass is 16.5. The van der Waals surface area contributed by atoms with Crippen molar-refractivity contribution in [3.8, 4) is 22.9 Å². The first-order chi connectivity index (χ1) is 22.9. The average molecular weight is 636 g/mol. The van der Waals surface area contributed by atoms with Crippen LogP contribution >= 0.6 is 0 Å². The van der Waals surface area contributed by atoms with Gasteiger partial charge < -0.3 is 29.3 Å². The number of para-hydroxylation sites is 1. The molecular formula is C36H37N5O6. The summed E-state index contributed by atoms with van der Waals surface area (Å²) in [6, 6.07) is 22.0. The van der Waals surface area contributed by atoms with Crippen LogP contribution < -0.4 is 14.8 Å². The summed E-state index contributed by atoms with van der Waals surface area (Å²) in [5.41, 5.74) is 2.99. The Morgan fingerprint density at radius 2 is 1.83 bits per heavy atom. The van der Waals surface area contributed by atoms with Gasteiger partial charge in [0.05, 0.1) is 43.7 Å². The van der Waals surface area contributed by atoms with Crippen LogP contribution in [0.5, 0.6) is 17.2 Å². The molecule has 47 heavy (non-hydrogen) atoms. The number of nitrogens with one attached hydrogen (secondary N) is 1. The number of carbonyl (C=O) groups is 3. The van der Waals surface area contributed by atoms with Crippen LogP contribution in [-0.4, -0.2) is 82.2 Å². The lowest BCUT2D eigenvalue weighted by Crippen LogP contribution is -2.49. The molecule has 1 saturated heterocycles. The number of likely N-dealkylation sites (tertiary alicyclic amines) is 1. The van der Waals surface area contributed by atoms with E-state index >= 15 is 0 Å². The fourth-order valence-corrected chi connectivity index (χ4v) is 6.27. The summed E-state index contributed by atoms with van der Waals surface area (Å²) in [5.74, 6) is 1.24. The van der Waals surface area contributed by atoms with Gasteiger partial charge in [-0.1, -0.05) is 30.3 Å². The Kier molecular flexibility index (Phi) is 8.62. The number of aryl methyl sites for hydroxylation is 1. The standard InChI is InChI=1S/C36H37N5O6/c1-45-32-19-24-10-14-31(32)47-27-7-4-6-25(18-27)23-46-33-21-39(36(44)28-8-2-3-9-30(28)41-17-5-16-37-41)20-29(33)38-34(42)22-40(26-12-13-26)35(43)15-11-24/h2-10,14,16-19,26,29,33H,11-13,15,20-23H2,1H3,(H,38,42)/t29-,33-/m0/s1. The highest BCUT2D eigenvalue weighted by Crippen LogP contribution is 2.34. The molecule has 1 aliphatic carbocycles. The van der Waals surface area contributed by atoms with Crippen LogP contribution in [0.1, 0.15) is 40.7 Å². The minimum atomic E-state index is -0.483. The maximum atomic E-state index is 13.9. The maximum Gasteiger partial charge on any atom is 0.256 e. The number of carbonyl (C=O) groups excluding carboxylic acids is 3. The van der Waals surface area contributed by atoms with Gasteiger partial charge in [-0.05, 0) is 72.9 Å². The minimum absolute atomic E-state index is 0.0407. The SMILES string of the molecule is COc1cc2ccc1Oc1cccc(c1)CO[C@H]1CN(C(=O)c3ccccc3-n3cccn3)C[C@@H]1NC(=O)CN(C1CC1)C(=O)CC2. The predicted molar refractivity (Wildman–Crippen MR) is 173 cm³/mol. The first kappa shape index (κ1) is 30.5. The number of aromatic nitrogens is 2. The van der Waals surface area contributed by atoms with Crippen LogP contribution in [0.4, 0.5) is 0 Å². The van der Waals surface area contributed by atoms with Gasteiger partial charge >= 0.3 is 0 Å². The van der Waals surface area contributed by atoms with E-state index in [0.717, 1.165) is 24.0 Å². The Balaban J connectivity index is 1.16.